The lowest BCUT2D eigenvalue weighted by Gasteiger charge is -2.18. The minimum atomic E-state index is -0.279. The molecule has 0 bridgehead atoms. The van der Waals surface area contributed by atoms with Crippen molar-refractivity contribution in [2.45, 2.75) is 24.3 Å². The van der Waals surface area contributed by atoms with Crippen molar-refractivity contribution in [3.8, 4) is 0 Å². The summed E-state index contributed by atoms with van der Waals surface area (Å²) < 4.78 is 6.09. The molecule has 0 aliphatic carbocycles. The van der Waals surface area contributed by atoms with Crippen molar-refractivity contribution >= 4 is 27.7 Å². The fourth-order valence-corrected chi connectivity index (χ4v) is 2.66. The van der Waals surface area contributed by atoms with Gasteiger partial charge in [0.05, 0.1) is 6.10 Å². The molecular weight excluding hydrogens is 300 g/mol. The van der Waals surface area contributed by atoms with E-state index < -0.39 is 0 Å². The summed E-state index contributed by atoms with van der Waals surface area (Å²) in [5.74, 6) is 1.00. The van der Waals surface area contributed by atoms with E-state index in [0.717, 1.165) is 16.6 Å². The molecule has 2 atom stereocenters. The molecule has 0 aliphatic heterocycles. The van der Waals surface area contributed by atoms with E-state index in [1.807, 2.05) is 12.1 Å². The number of halogens is 1. The molecule has 0 spiro atoms. The Bertz CT molecular complexity index is 316. The molecule has 17 heavy (non-hydrogen) atoms. The summed E-state index contributed by atoms with van der Waals surface area (Å²) in [6.45, 7) is 2.77. The maximum Gasteiger partial charge on any atom is 0.0660 e. The highest BCUT2D eigenvalue weighted by Gasteiger charge is 2.14. The zero-order valence-electron chi connectivity index (χ0n) is 10.2. The van der Waals surface area contributed by atoms with Crippen LogP contribution >= 0.6 is 27.7 Å². The van der Waals surface area contributed by atoms with Crippen LogP contribution in [0.25, 0.3) is 0 Å². The second-order valence-electron chi connectivity index (χ2n) is 4.09. The Morgan fingerprint density at radius 1 is 1.35 bits per heavy atom. The summed E-state index contributed by atoms with van der Waals surface area (Å²) in [7, 11) is 1.69. The molecule has 2 unspecified atom stereocenters. The first-order valence-electron chi connectivity index (χ1n) is 5.69. The SMILES string of the molecule is COCCC(C)C(O)CSc1ccc(Br)cc1. The van der Waals surface area contributed by atoms with Crippen LogP contribution in [0.2, 0.25) is 0 Å². The normalized spacial score (nSPS) is 14.6. The molecule has 0 fully saturated rings. The number of ether oxygens (including phenoxy) is 1. The van der Waals surface area contributed by atoms with Crippen LogP contribution in [0.5, 0.6) is 0 Å². The molecule has 0 saturated carbocycles. The topological polar surface area (TPSA) is 29.5 Å². The molecule has 2 nitrogen and oxygen atoms in total. The number of hydrogen-bond acceptors (Lipinski definition) is 3. The zero-order chi connectivity index (χ0) is 12.7. The Morgan fingerprint density at radius 3 is 2.59 bits per heavy atom. The zero-order valence-corrected chi connectivity index (χ0v) is 12.6. The molecule has 0 heterocycles. The number of methoxy groups -OCH3 is 1. The number of hydrogen-bond donors (Lipinski definition) is 1. The lowest BCUT2D eigenvalue weighted by atomic mass is 10.0. The van der Waals surface area contributed by atoms with Crippen molar-refractivity contribution in [3.63, 3.8) is 0 Å². The maximum atomic E-state index is 9.97. The van der Waals surface area contributed by atoms with E-state index in [0.29, 0.717) is 6.61 Å². The largest absolute Gasteiger partial charge is 0.392 e. The fraction of sp³-hybridized carbons (Fsp3) is 0.538. The smallest absolute Gasteiger partial charge is 0.0660 e. The van der Waals surface area contributed by atoms with Gasteiger partial charge in [0.2, 0.25) is 0 Å². The van der Waals surface area contributed by atoms with Crippen LogP contribution in [-0.2, 0) is 4.74 Å². The van der Waals surface area contributed by atoms with E-state index in [1.165, 1.54) is 4.90 Å². The van der Waals surface area contributed by atoms with Gasteiger partial charge in [0.25, 0.3) is 0 Å². The number of thioether (sulfide) groups is 1. The highest BCUT2D eigenvalue weighted by molar-refractivity contribution is 9.10. The highest BCUT2D eigenvalue weighted by atomic mass is 79.9. The minimum absolute atomic E-state index is 0.276. The van der Waals surface area contributed by atoms with Crippen LogP contribution in [0, 0.1) is 5.92 Å². The van der Waals surface area contributed by atoms with Crippen LogP contribution < -0.4 is 0 Å². The number of aliphatic hydroxyl groups is 1. The van der Waals surface area contributed by atoms with Crippen LogP contribution in [0.15, 0.2) is 33.6 Å². The Kier molecular flexibility index (Phi) is 7.19. The number of benzene rings is 1. The van der Waals surface area contributed by atoms with Crippen LogP contribution in [0.3, 0.4) is 0 Å². The first-order valence-corrected chi connectivity index (χ1v) is 7.46. The average Bonchev–Trinajstić information content (AvgIpc) is 2.34. The van der Waals surface area contributed by atoms with Crippen molar-refractivity contribution < 1.29 is 9.84 Å². The van der Waals surface area contributed by atoms with Crippen LogP contribution in [-0.4, -0.2) is 30.7 Å². The van der Waals surface area contributed by atoms with Crippen molar-refractivity contribution in [1.29, 1.82) is 0 Å². The molecule has 1 rings (SSSR count). The Balaban J connectivity index is 2.32. The van der Waals surface area contributed by atoms with Gasteiger partial charge in [-0.2, -0.15) is 0 Å². The van der Waals surface area contributed by atoms with E-state index >= 15 is 0 Å². The fourth-order valence-electron chi connectivity index (χ4n) is 1.37. The molecule has 1 N–H and O–H groups in total. The molecule has 96 valence electrons. The quantitative estimate of drug-likeness (QED) is 0.779. The number of aliphatic hydroxyl groups excluding tert-OH is 1. The Morgan fingerprint density at radius 2 is 2.00 bits per heavy atom. The molecular formula is C13H19BrO2S. The van der Waals surface area contributed by atoms with E-state index in [9.17, 15) is 5.11 Å². The second-order valence-corrected chi connectivity index (χ2v) is 6.10. The Labute approximate surface area is 116 Å². The van der Waals surface area contributed by atoms with E-state index in [4.69, 9.17) is 4.74 Å². The standard InChI is InChI=1S/C13H19BrO2S/c1-10(7-8-16-2)13(15)9-17-12-5-3-11(14)4-6-12/h3-6,10,13,15H,7-9H2,1-2H3. The monoisotopic (exact) mass is 318 g/mol. The van der Waals surface area contributed by atoms with E-state index in [-0.39, 0.29) is 12.0 Å². The average molecular weight is 319 g/mol. The van der Waals surface area contributed by atoms with Gasteiger partial charge in [-0.25, -0.2) is 0 Å². The third kappa shape index (κ3) is 5.91. The minimum Gasteiger partial charge on any atom is -0.392 e. The van der Waals surface area contributed by atoms with Gasteiger partial charge in [0, 0.05) is 28.8 Å². The summed E-state index contributed by atoms with van der Waals surface area (Å²) >= 11 is 5.09. The van der Waals surface area contributed by atoms with Crippen LogP contribution in [0.1, 0.15) is 13.3 Å². The van der Waals surface area contributed by atoms with Crippen molar-refractivity contribution in [2.75, 3.05) is 19.5 Å². The van der Waals surface area contributed by atoms with E-state index in [1.54, 1.807) is 18.9 Å². The van der Waals surface area contributed by atoms with Gasteiger partial charge < -0.3 is 9.84 Å². The van der Waals surface area contributed by atoms with E-state index in [2.05, 4.69) is 35.0 Å². The van der Waals surface area contributed by atoms with Gasteiger partial charge in [0.1, 0.15) is 0 Å². The predicted octanol–water partition coefficient (Wildman–Crippen LogP) is 3.57. The van der Waals surface area contributed by atoms with Crippen molar-refractivity contribution in [2.24, 2.45) is 5.92 Å². The molecule has 1 aromatic rings. The molecule has 4 heteroatoms. The summed E-state index contributed by atoms with van der Waals surface area (Å²) in [5, 5.41) is 9.97. The lowest BCUT2D eigenvalue weighted by Crippen LogP contribution is -2.21. The van der Waals surface area contributed by atoms with Gasteiger partial charge >= 0.3 is 0 Å². The molecule has 0 aromatic heterocycles. The van der Waals surface area contributed by atoms with Gasteiger partial charge in [0.15, 0.2) is 0 Å². The molecule has 0 amide bonds. The Hall–Kier alpha value is -0.0300. The summed E-state index contributed by atoms with van der Waals surface area (Å²) in [6, 6.07) is 8.15. The van der Waals surface area contributed by atoms with Gasteiger partial charge in [-0.05, 0) is 36.6 Å². The molecule has 0 radical (unpaired) electrons. The van der Waals surface area contributed by atoms with Gasteiger partial charge in [-0.15, -0.1) is 11.8 Å². The first-order chi connectivity index (χ1) is 8.13. The molecule has 0 saturated heterocycles. The van der Waals surface area contributed by atoms with Crippen molar-refractivity contribution in [3.05, 3.63) is 28.7 Å². The van der Waals surface area contributed by atoms with Crippen LogP contribution in [0.4, 0.5) is 0 Å². The van der Waals surface area contributed by atoms with Gasteiger partial charge in [-0.1, -0.05) is 22.9 Å². The third-order valence-corrected chi connectivity index (χ3v) is 4.31. The van der Waals surface area contributed by atoms with Gasteiger partial charge in [-0.3, -0.25) is 0 Å². The predicted molar refractivity (Wildman–Crippen MR) is 76.5 cm³/mol. The number of rotatable bonds is 7. The first kappa shape index (κ1) is 15.0. The maximum absolute atomic E-state index is 9.97. The molecule has 1 aromatic carbocycles. The highest BCUT2D eigenvalue weighted by Crippen LogP contribution is 2.23. The second kappa shape index (κ2) is 8.14. The lowest BCUT2D eigenvalue weighted by molar-refractivity contribution is 0.105. The third-order valence-electron chi connectivity index (χ3n) is 2.67. The summed E-state index contributed by atoms with van der Waals surface area (Å²) in [6.07, 6.45) is 0.622. The van der Waals surface area contributed by atoms with Crippen molar-refractivity contribution in [1.82, 2.24) is 0 Å². The molecule has 0 aliphatic rings. The summed E-state index contributed by atoms with van der Waals surface area (Å²) in [4.78, 5) is 1.19. The summed E-state index contributed by atoms with van der Waals surface area (Å²) in [5.41, 5.74) is 0.